The fraction of sp³-hybridized carbons (Fsp3) is 0.526. The Bertz CT molecular complexity index is 617. The zero-order valence-corrected chi connectivity index (χ0v) is 14.8. The van der Waals surface area contributed by atoms with Gasteiger partial charge in [0.2, 0.25) is 0 Å². The van der Waals surface area contributed by atoms with Gasteiger partial charge in [0.1, 0.15) is 0 Å². The molecule has 0 saturated heterocycles. The maximum atomic E-state index is 9.06. The van der Waals surface area contributed by atoms with Gasteiger partial charge in [-0.3, -0.25) is 4.98 Å². The minimum absolute atomic E-state index is 0.303. The van der Waals surface area contributed by atoms with Crippen molar-refractivity contribution in [2.24, 2.45) is 5.92 Å². The molecule has 0 aliphatic carbocycles. The first-order chi connectivity index (χ1) is 11.1. The average Bonchev–Trinajstić information content (AvgIpc) is 2.54. The third-order valence-electron chi connectivity index (χ3n) is 4.47. The number of aliphatic hydroxyl groups excluding tert-OH is 1. The molecule has 23 heavy (non-hydrogen) atoms. The summed E-state index contributed by atoms with van der Waals surface area (Å²) in [5.74, 6) is 0.649. The topological polar surface area (TPSA) is 45.1 Å². The van der Waals surface area contributed by atoms with Crippen molar-refractivity contribution in [3.8, 4) is 0 Å². The van der Waals surface area contributed by atoms with E-state index in [-0.39, 0.29) is 0 Å². The molecule has 4 heteroatoms. The summed E-state index contributed by atoms with van der Waals surface area (Å²) in [6, 6.07) is 8.25. The van der Waals surface area contributed by atoms with E-state index >= 15 is 0 Å². The van der Waals surface area contributed by atoms with Gasteiger partial charge in [0.05, 0.1) is 5.52 Å². The van der Waals surface area contributed by atoms with Crippen molar-refractivity contribution in [3.63, 3.8) is 0 Å². The molecule has 126 valence electrons. The van der Waals surface area contributed by atoms with Crippen LogP contribution >= 0.6 is 11.6 Å². The minimum atomic E-state index is 0.303. The molecule has 0 spiro atoms. The highest BCUT2D eigenvalue weighted by atomic mass is 35.5. The van der Waals surface area contributed by atoms with Gasteiger partial charge < -0.3 is 10.4 Å². The average molecular weight is 335 g/mol. The predicted octanol–water partition coefficient (Wildman–Crippen LogP) is 5.27. The highest BCUT2D eigenvalue weighted by Gasteiger charge is 2.09. The molecule has 1 aromatic carbocycles. The van der Waals surface area contributed by atoms with E-state index in [0.717, 1.165) is 35.9 Å². The van der Waals surface area contributed by atoms with Crippen LogP contribution in [0.1, 0.15) is 46.0 Å². The van der Waals surface area contributed by atoms with E-state index in [1.807, 2.05) is 30.5 Å². The van der Waals surface area contributed by atoms with E-state index in [1.54, 1.807) is 0 Å². The zero-order valence-electron chi connectivity index (χ0n) is 14.1. The first kappa shape index (κ1) is 18.0. The van der Waals surface area contributed by atoms with Gasteiger partial charge in [0.15, 0.2) is 0 Å². The molecule has 2 N–H and O–H groups in total. The molecular formula is C19H27ClN2O. The van der Waals surface area contributed by atoms with Crippen LogP contribution in [0.5, 0.6) is 0 Å². The standard InChI is InChI=1S/C19H27ClN2O/c1-3-15(10-12-23)6-4-5-14(2)22-18-9-11-21-19-13-16(20)7-8-17(18)19/h7-9,11,13-15,23H,3-6,10,12H2,1-2H3,(H,21,22). The van der Waals surface area contributed by atoms with Crippen molar-refractivity contribution in [1.29, 1.82) is 0 Å². The van der Waals surface area contributed by atoms with E-state index in [2.05, 4.69) is 24.1 Å². The molecule has 1 aromatic heterocycles. The van der Waals surface area contributed by atoms with Crippen molar-refractivity contribution in [2.75, 3.05) is 11.9 Å². The van der Waals surface area contributed by atoms with Crippen LogP contribution in [-0.4, -0.2) is 22.7 Å². The number of anilines is 1. The Morgan fingerprint density at radius 1 is 1.22 bits per heavy atom. The Morgan fingerprint density at radius 3 is 2.78 bits per heavy atom. The normalized spacial score (nSPS) is 13.9. The molecular weight excluding hydrogens is 308 g/mol. The van der Waals surface area contributed by atoms with Crippen molar-refractivity contribution in [1.82, 2.24) is 4.98 Å². The zero-order chi connectivity index (χ0) is 16.7. The Hall–Kier alpha value is -1.32. The lowest BCUT2D eigenvalue weighted by Crippen LogP contribution is -2.16. The van der Waals surface area contributed by atoms with E-state index in [0.29, 0.717) is 23.6 Å². The van der Waals surface area contributed by atoms with Crippen LogP contribution in [0.2, 0.25) is 5.02 Å². The fourth-order valence-corrected chi connectivity index (χ4v) is 3.20. The lowest BCUT2D eigenvalue weighted by atomic mass is 9.95. The van der Waals surface area contributed by atoms with Gasteiger partial charge in [-0.1, -0.05) is 37.8 Å². The van der Waals surface area contributed by atoms with Crippen LogP contribution in [-0.2, 0) is 0 Å². The van der Waals surface area contributed by atoms with Gasteiger partial charge >= 0.3 is 0 Å². The maximum absolute atomic E-state index is 9.06. The van der Waals surface area contributed by atoms with Crippen LogP contribution in [0.4, 0.5) is 5.69 Å². The van der Waals surface area contributed by atoms with Gasteiger partial charge in [0, 0.05) is 34.9 Å². The number of nitrogens with zero attached hydrogens (tertiary/aromatic N) is 1. The van der Waals surface area contributed by atoms with Crippen molar-refractivity contribution in [3.05, 3.63) is 35.5 Å². The third-order valence-corrected chi connectivity index (χ3v) is 4.71. The number of aliphatic hydroxyl groups is 1. The van der Waals surface area contributed by atoms with E-state index in [1.165, 1.54) is 12.8 Å². The molecule has 0 aliphatic rings. The number of benzene rings is 1. The molecule has 2 rings (SSSR count). The molecule has 2 aromatic rings. The minimum Gasteiger partial charge on any atom is -0.396 e. The Kier molecular flexibility index (Phi) is 7.13. The summed E-state index contributed by atoms with van der Waals surface area (Å²) in [5, 5.41) is 14.5. The number of rotatable bonds is 9. The van der Waals surface area contributed by atoms with Crippen LogP contribution in [0.25, 0.3) is 10.9 Å². The molecule has 0 fully saturated rings. The maximum Gasteiger partial charge on any atom is 0.0737 e. The lowest BCUT2D eigenvalue weighted by molar-refractivity contribution is 0.246. The van der Waals surface area contributed by atoms with E-state index in [9.17, 15) is 0 Å². The number of halogens is 1. The summed E-state index contributed by atoms with van der Waals surface area (Å²) in [6.07, 6.45) is 7.39. The number of nitrogens with one attached hydrogen (secondary N) is 1. The van der Waals surface area contributed by atoms with Crippen molar-refractivity contribution >= 4 is 28.2 Å². The molecule has 0 radical (unpaired) electrons. The van der Waals surface area contributed by atoms with E-state index in [4.69, 9.17) is 16.7 Å². The number of pyridine rings is 1. The number of aromatic nitrogens is 1. The van der Waals surface area contributed by atoms with Crippen LogP contribution in [0.3, 0.4) is 0 Å². The third kappa shape index (κ3) is 5.36. The lowest BCUT2D eigenvalue weighted by Gasteiger charge is -2.18. The predicted molar refractivity (Wildman–Crippen MR) is 99.2 cm³/mol. The first-order valence-corrected chi connectivity index (χ1v) is 8.93. The molecule has 3 nitrogen and oxygen atoms in total. The summed E-state index contributed by atoms with van der Waals surface area (Å²) >= 11 is 6.04. The Balaban J connectivity index is 1.91. The van der Waals surface area contributed by atoms with Crippen molar-refractivity contribution < 1.29 is 5.11 Å². The fourth-order valence-electron chi connectivity index (χ4n) is 3.03. The van der Waals surface area contributed by atoms with E-state index < -0.39 is 0 Å². The molecule has 0 aliphatic heterocycles. The summed E-state index contributed by atoms with van der Waals surface area (Å²) in [7, 11) is 0. The van der Waals surface area contributed by atoms with Gasteiger partial charge in [-0.2, -0.15) is 0 Å². The first-order valence-electron chi connectivity index (χ1n) is 8.55. The largest absolute Gasteiger partial charge is 0.396 e. The van der Waals surface area contributed by atoms with Gasteiger partial charge in [-0.05, 0) is 49.9 Å². The molecule has 2 atom stereocenters. The smallest absolute Gasteiger partial charge is 0.0737 e. The SMILES string of the molecule is CCC(CCO)CCCC(C)Nc1ccnc2cc(Cl)ccc12. The number of hydrogen-bond donors (Lipinski definition) is 2. The molecule has 1 heterocycles. The summed E-state index contributed by atoms with van der Waals surface area (Å²) < 4.78 is 0. The second-order valence-electron chi connectivity index (χ2n) is 6.28. The van der Waals surface area contributed by atoms with Crippen molar-refractivity contribution in [2.45, 2.75) is 52.0 Å². The van der Waals surface area contributed by atoms with Gasteiger partial charge in [-0.15, -0.1) is 0 Å². The summed E-state index contributed by atoms with van der Waals surface area (Å²) in [5.41, 5.74) is 2.03. The molecule has 2 unspecified atom stereocenters. The summed E-state index contributed by atoms with van der Waals surface area (Å²) in [4.78, 5) is 4.38. The molecule has 0 saturated carbocycles. The Labute approximate surface area is 144 Å². The monoisotopic (exact) mass is 334 g/mol. The van der Waals surface area contributed by atoms with Crippen LogP contribution < -0.4 is 5.32 Å². The summed E-state index contributed by atoms with van der Waals surface area (Å²) in [6.45, 7) is 4.73. The second-order valence-corrected chi connectivity index (χ2v) is 6.72. The molecule has 0 bridgehead atoms. The number of hydrogen-bond acceptors (Lipinski definition) is 3. The molecule has 0 amide bonds. The highest BCUT2D eigenvalue weighted by Crippen LogP contribution is 2.25. The highest BCUT2D eigenvalue weighted by molar-refractivity contribution is 6.31. The number of fused-ring (bicyclic) bond motifs is 1. The second kappa shape index (κ2) is 9.09. The van der Waals surface area contributed by atoms with Crippen LogP contribution in [0.15, 0.2) is 30.5 Å². The quantitative estimate of drug-likeness (QED) is 0.656. The van der Waals surface area contributed by atoms with Gasteiger partial charge in [-0.25, -0.2) is 0 Å². The van der Waals surface area contributed by atoms with Gasteiger partial charge in [0.25, 0.3) is 0 Å². The van der Waals surface area contributed by atoms with Crippen LogP contribution in [0, 0.1) is 5.92 Å². The Morgan fingerprint density at radius 2 is 2.04 bits per heavy atom.